The van der Waals surface area contributed by atoms with Gasteiger partial charge in [0.15, 0.2) is 12.1 Å². The first-order valence-corrected chi connectivity index (χ1v) is 13.6. The van der Waals surface area contributed by atoms with Gasteiger partial charge in [0.1, 0.15) is 11.6 Å². The number of hydrogen-bond donors (Lipinski definition) is 2. The standard InChI is InChI=1S/C28H30F2N6O3/c29-28(30)15-20(28)27(37)31-18-5-7-23-19(14-18)25(34-36(23)24-3-1-2-10-39-24)26-32-21-6-4-17(13-22(21)33-26)16-35-8-11-38-12-9-35/h4-7,13-14,20,24H,1-3,8-12,15-16H2,(H,31,37)(H,32,33). The summed E-state index contributed by atoms with van der Waals surface area (Å²) >= 11 is 0. The van der Waals surface area contributed by atoms with E-state index in [0.29, 0.717) is 23.8 Å². The third-order valence-electron chi connectivity index (χ3n) is 7.83. The summed E-state index contributed by atoms with van der Waals surface area (Å²) in [5, 5.41) is 8.35. The minimum absolute atomic E-state index is 0.204. The number of imidazole rings is 1. The second-order valence-corrected chi connectivity index (χ2v) is 10.7. The topological polar surface area (TPSA) is 97.3 Å². The first kappa shape index (κ1) is 24.6. The maximum absolute atomic E-state index is 13.4. The minimum Gasteiger partial charge on any atom is -0.379 e. The lowest BCUT2D eigenvalue weighted by molar-refractivity contribution is -0.119. The van der Waals surface area contributed by atoms with Crippen molar-refractivity contribution in [3.8, 4) is 11.5 Å². The average molecular weight is 537 g/mol. The zero-order valence-electron chi connectivity index (χ0n) is 21.5. The van der Waals surface area contributed by atoms with Gasteiger partial charge >= 0.3 is 0 Å². The highest BCUT2D eigenvalue weighted by Crippen LogP contribution is 2.49. The van der Waals surface area contributed by atoms with Crippen LogP contribution >= 0.6 is 0 Å². The molecule has 4 heterocycles. The number of benzene rings is 2. The SMILES string of the molecule is O=C(Nc1ccc2c(c1)c(-c1nc3ccc(CN4CCOCC4)cc3[nH]1)nn2C1CCCCO1)C1CC1(F)F. The highest BCUT2D eigenvalue weighted by molar-refractivity contribution is 6.00. The molecule has 4 aromatic rings. The monoisotopic (exact) mass is 536 g/mol. The second-order valence-electron chi connectivity index (χ2n) is 10.7. The van der Waals surface area contributed by atoms with Gasteiger partial charge in [0.05, 0.1) is 29.8 Å². The third-order valence-corrected chi connectivity index (χ3v) is 7.83. The van der Waals surface area contributed by atoms with E-state index in [1.165, 1.54) is 5.56 Å². The molecule has 2 unspecified atom stereocenters. The second kappa shape index (κ2) is 9.65. The third kappa shape index (κ3) is 4.79. The lowest BCUT2D eigenvalue weighted by atomic mass is 10.1. The van der Waals surface area contributed by atoms with Gasteiger partial charge in [-0.05, 0) is 55.2 Å². The van der Waals surface area contributed by atoms with Crippen molar-refractivity contribution in [3.63, 3.8) is 0 Å². The number of hydrogen-bond acceptors (Lipinski definition) is 6. The van der Waals surface area contributed by atoms with Crippen LogP contribution in [0.5, 0.6) is 0 Å². The Morgan fingerprint density at radius 1 is 1.13 bits per heavy atom. The molecule has 7 rings (SSSR count). The van der Waals surface area contributed by atoms with E-state index >= 15 is 0 Å². The van der Waals surface area contributed by atoms with Crippen LogP contribution in [-0.2, 0) is 20.8 Å². The first-order chi connectivity index (χ1) is 18.9. The zero-order valence-corrected chi connectivity index (χ0v) is 21.5. The average Bonchev–Trinajstić information content (AvgIpc) is 3.24. The number of alkyl halides is 2. The fraction of sp³-hybridized carbons (Fsp3) is 0.464. The van der Waals surface area contributed by atoms with Gasteiger partial charge in [0, 0.05) is 43.7 Å². The molecular weight excluding hydrogens is 506 g/mol. The van der Waals surface area contributed by atoms with Crippen molar-refractivity contribution in [2.45, 2.75) is 44.4 Å². The number of ether oxygens (including phenoxy) is 2. The lowest BCUT2D eigenvalue weighted by Gasteiger charge is -2.26. The molecule has 39 heavy (non-hydrogen) atoms. The van der Waals surface area contributed by atoms with Gasteiger partial charge in [0.25, 0.3) is 5.92 Å². The number of fused-ring (bicyclic) bond motifs is 2. The van der Waals surface area contributed by atoms with Gasteiger partial charge < -0.3 is 19.8 Å². The van der Waals surface area contributed by atoms with Gasteiger partial charge in [-0.25, -0.2) is 18.4 Å². The summed E-state index contributed by atoms with van der Waals surface area (Å²) < 4.78 is 40.3. The Kier molecular flexibility index (Phi) is 6.09. The number of nitrogens with one attached hydrogen (secondary N) is 2. The molecule has 1 aliphatic carbocycles. The Balaban J connectivity index is 1.24. The first-order valence-electron chi connectivity index (χ1n) is 13.6. The quantitative estimate of drug-likeness (QED) is 0.371. The van der Waals surface area contributed by atoms with Crippen molar-refractivity contribution in [2.24, 2.45) is 5.92 Å². The number of carbonyl (C=O) groups excluding carboxylic acids is 1. The molecule has 2 aliphatic heterocycles. The van der Waals surface area contributed by atoms with E-state index in [1.54, 1.807) is 12.1 Å². The summed E-state index contributed by atoms with van der Waals surface area (Å²) in [4.78, 5) is 23.0. The van der Waals surface area contributed by atoms with Crippen molar-refractivity contribution in [3.05, 3.63) is 42.0 Å². The number of halogens is 2. The summed E-state index contributed by atoms with van der Waals surface area (Å²) in [6.45, 7) is 4.84. The fourth-order valence-corrected chi connectivity index (χ4v) is 5.54. The number of aromatic amines is 1. The molecule has 0 radical (unpaired) electrons. The summed E-state index contributed by atoms with van der Waals surface area (Å²) in [5.41, 5.74) is 4.83. The predicted octanol–water partition coefficient (Wildman–Crippen LogP) is 4.70. The van der Waals surface area contributed by atoms with Crippen LogP contribution in [0.2, 0.25) is 0 Å². The van der Waals surface area contributed by atoms with Crippen LogP contribution in [0.25, 0.3) is 33.5 Å². The Labute approximate surface area is 223 Å². The maximum atomic E-state index is 13.4. The van der Waals surface area contributed by atoms with E-state index in [0.717, 1.165) is 74.0 Å². The van der Waals surface area contributed by atoms with Crippen LogP contribution in [0.1, 0.15) is 37.5 Å². The molecule has 2 aromatic heterocycles. The number of H-pyrrole nitrogens is 1. The van der Waals surface area contributed by atoms with E-state index in [4.69, 9.17) is 19.6 Å². The van der Waals surface area contributed by atoms with Gasteiger partial charge in [-0.1, -0.05) is 6.07 Å². The summed E-state index contributed by atoms with van der Waals surface area (Å²) in [7, 11) is 0. The molecule has 2 atom stereocenters. The van der Waals surface area contributed by atoms with Crippen molar-refractivity contribution >= 4 is 33.5 Å². The van der Waals surface area contributed by atoms with Gasteiger partial charge in [-0.3, -0.25) is 9.69 Å². The lowest BCUT2D eigenvalue weighted by Crippen LogP contribution is -2.35. The molecule has 0 bridgehead atoms. The molecular formula is C28H30F2N6O3. The number of aromatic nitrogens is 4. The molecule has 3 aliphatic rings. The normalized spacial score (nSPS) is 23.3. The van der Waals surface area contributed by atoms with Crippen LogP contribution in [0.4, 0.5) is 14.5 Å². The molecule has 9 nitrogen and oxygen atoms in total. The highest BCUT2D eigenvalue weighted by atomic mass is 19.3. The summed E-state index contributed by atoms with van der Waals surface area (Å²) in [6, 6.07) is 11.6. The number of rotatable bonds is 6. The molecule has 2 saturated heterocycles. The van der Waals surface area contributed by atoms with E-state index in [9.17, 15) is 13.6 Å². The van der Waals surface area contributed by atoms with Crippen LogP contribution in [0, 0.1) is 5.92 Å². The maximum Gasteiger partial charge on any atom is 0.260 e. The van der Waals surface area contributed by atoms with Crippen LogP contribution < -0.4 is 5.32 Å². The summed E-state index contributed by atoms with van der Waals surface area (Å²) in [6.07, 6.45) is 2.29. The molecule has 11 heteroatoms. The van der Waals surface area contributed by atoms with Gasteiger partial charge in [-0.2, -0.15) is 5.10 Å². The molecule has 0 spiro atoms. The molecule has 3 fully saturated rings. The number of carbonyl (C=O) groups is 1. The van der Waals surface area contributed by atoms with Crippen LogP contribution in [0.3, 0.4) is 0 Å². The van der Waals surface area contributed by atoms with Crippen LogP contribution in [-0.4, -0.2) is 69.4 Å². The Hall–Kier alpha value is -3.41. The Bertz CT molecular complexity index is 1540. The van der Waals surface area contributed by atoms with E-state index in [2.05, 4.69) is 27.3 Å². The highest BCUT2D eigenvalue weighted by Gasteiger charge is 2.61. The largest absolute Gasteiger partial charge is 0.379 e. The number of morpholine rings is 1. The number of nitrogens with zero attached hydrogens (tertiary/aromatic N) is 4. The van der Waals surface area contributed by atoms with Crippen molar-refractivity contribution in [1.82, 2.24) is 24.6 Å². The van der Waals surface area contributed by atoms with E-state index in [-0.39, 0.29) is 6.23 Å². The fourth-order valence-electron chi connectivity index (χ4n) is 5.54. The minimum atomic E-state index is -2.92. The van der Waals surface area contributed by atoms with Crippen molar-refractivity contribution in [1.29, 1.82) is 0 Å². The number of amides is 1. The smallest absolute Gasteiger partial charge is 0.260 e. The molecule has 1 amide bonds. The van der Waals surface area contributed by atoms with Crippen molar-refractivity contribution < 1.29 is 23.0 Å². The molecule has 2 N–H and O–H groups in total. The van der Waals surface area contributed by atoms with Crippen molar-refractivity contribution in [2.75, 3.05) is 38.2 Å². The molecule has 1 saturated carbocycles. The van der Waals surface area contributed by atoms with E-state index < -0.39 is 24.2 Å². The number of anilines is 1. The van der Waals surface area contributed by atoms with Gasteiger partial charge in [0.2, 0.25) is 5.91 Å². The van der Waals surface area contributed by atoms with Gasteiger partial charge in [-0.15, -0.1) is 0 Å². The van der Waals surface area contributed by atoms with Crippen LogP contribution in [0.15, 0.2) is 36.4 Å². The Morgan fingerprint density at radius 3 is 2.74 bits per heavy atom. The summed E-state index contributed by atoms with van der Waals surface area (Å²) in [5.74, 6) is -4.25. The predicted molar refractivity (Wildman–Crippen MR) is 141 cm³/mol. The molecule has 2 aromatic carbocycles. The van der Waals surface area contributed by atoms with E-state index in [1.807, 2.05) is 16.8 Å². The molecule has 204 valence electrons. The zero-order chi connectivity index (χ0) is 26.6. The Morgan fingerprint density at radius 2 is 1.97 bits per heavy atom.